The Hall–Kier alpha value is -2.22. The topological polar surface area (TPSA) is 81.6 Å². The lowest BCUT2D eigenvalue weighted by atomic mass is 9.91. The second kappa shape index (κ2) is 9.33. The van der Waals surface area contributed by atoms with Crippen molar-refractivity contribution in [1.29, 1.82) is 0 Å². The highest BCUT2D eigenvalue weighted by atomic mass is 35.5. The van der Waals surface area contributed by atoms with Gasteiger partial charge in [0, 0.05) is 55.0 Å². The third-order valence-electron chi connectivity index (χ3n) is 6.56. The van der Waals surface area contributed by atoms with Gasteiger partial charge in [-0.2, -0.15) is 0 Å². The predicted molar refractivity (Wildman–Crippen MR) is 126 cm³/mol. The van der Waals surface area contributed by atoms with E-state index in [2.05, 4.69) is 27.1 Å². The number of aromatic nitrogens is 2. The Labute approximate surface area is 194 Å². The Morgan fingerprint density at radius 3 is 2.56 bits per heavy atom. The van der Waals surface area contributed by atoms with Gasteiger partial charge in [-0.25, -0.2) is 9.97 Å². The molecule has 1 fully saturated rings. The number of hydrogen-bond donors (Lipinski definition) is 2. The third kappa shape index (κ3) is 4.47. The molecule has 8 heteroatoms. The number of fused-ring (bicyclic) bond motifs is 1. The van der Waals surface area contributed by atoms with Gasteiger partial charge in [0.15, 0.2) is 5.60 Å². The van der Waals surface area contributed by atoms with Crippen molar-refractivity contribution in [2.45, 2.75) is 51.2 Å². The van der Waals surface area contributed by atoms with E-state index in [1.165, 1.54) is 5.56 Å². The molecule has 2 heterocycles. The second-order valence-electron chi connectivity index (χ2n) is 9.18. The first-order valence-corrected chi connectivity index (χ1v) is 11.8. The molecule has 2 N–H and O–H groups in total. The molecule has 1 aliphatic heterocycles. The Kier molecular flexibility index (Phi) is 6.70. The maximum Gasteiger partial charge on any atom is 0.260 e. The fraction of sp³-hybridized carbons (Fsp3) is 0.542. The fourth-order valence-electron chi connectivity index (χ4n) is 4.64. The molecule has 0 radical (unpaired) electrons. The number of carbonyl (C=O) groups is 1. The van der Waals surface area contributed by atoms with Crippen molar-refractivity contribution in [3.8, 4) is 0 Å². The third-order valence-corrected chi connectivity index (χ3v) is 6.81. The summed E-state index contributed by atoms with van der Waals surface area (Å²) >= 11 is 6.03. The van der Waals surface area contributed by atoms with Crippen molar-refractivity contribution in [3.63, 3.8) is 0 Å². The first kappa shape index (κ1) is 23.0. The second-order valence-corrected chi connectivity index (χ2v) is 9.62. The van der Waals surface area contributed by atoms with Gasteiger partial charge in [-0.1, -0.05) is 44.5 Å². The molecule has 0 unspecified atom stereocenters. The SMILES string of the molecule is CC(C)NC[C@](O)(C(=O)N1CCN(c2ncnc3c2[C@H](C)CC3)CC1)c1ccc(Cl)cc1. The number of halogens is 1. The average molecular weight is 458 g/mol. The lowest BCUT2D eigenvalue weighted by Gasteiger charge is -2.40. The predicted octanol–water partition coefficient (Wildman–Crippen LogP) is 2.71. The van der Waals surface area contributed by atoms with Gasteiger partial charge in [0.1, 0.15) is 12.1 Å². The Bertz CT molecular complexity index is 959. The van der Waals surface area contributed by atoms with Crippen LogP contribution in [0, 0.1) is 0 Å². The van der Waals surface area contributed by atoms with Crippen LogP contribution in [0.2, 0.25) is 5.02 Å². The molecule has 0 spiro atoms. The molecule has 2 aliphatic rings. The molecule has 4 rings (SSSR count). The van der Waals surface area contributed by atoms with Crippen LogP contribution >= 0.6 is 11.6 Å². The van der Waals surface area contributed by atoms with Crippen LogP contribution in [0.1, 0.15) is 49.9 Å². The highest BCUT2D eigenvalue weighted by molar-refractivity contribution is 6.30. The monoisotopic (exact) mass is 457 g/mol. The van der Waals surface area contributed by atoms with Crippen LogP contribution in [0.3, 0.4) is 0 Å². The zero-order valence-corrected chi connectivity index (χ0v) is 19.8. The number of aliphatic hydroxyl groups is 1. The normalized spacial score (nSPS) is 20.4. The van der Waals surface area contributed by atoms with Crippen molar-refractivity contribution >= 4 is 23.3 Å². The molecule has 0 bridgehead atoms. The van der Waals surface area contributed by atoms with E-state index < -0.39 is 5.60 Å². The standard InChI is InChI=1S/C24H32ClN5O2/c1-16(2)26-14-24(32,18-5-7-19(25)8-6-18)23(31)30-12-10-29(11-13-30)22-21-17(3)4-9-20(21)27-15-28-22/h5-8,15-17,26,32H,4,9-14H2,1-3H3/t17-,24-/m1/s1. The summed E-state index contributed by atoms with van der Waals surface area (Å²) in [4.78, 5) is 26.6. The largest absolute Gasteiger partial charge is 0.374 e. The molecule has 1 aromatic carbocycles. The first-order valence-electron chi connectivity index (χ1n) is 11.4. The van der Waals surface area contributed by atoms with Gasteiger partial charge < -0.3 is 20.2 Å². The van der Waals surface area contributed by atoms with E-state index in [9.17, 15) is 9.90 Å². The molecule has 1 saturated heterocycles. The molecule has 2 atom stereocenters. The average Bonchev–Trinajstić information content (AvgIpc) is 3.18. The smallest absolute Gasteiger partial charge is 0.260 e. The van der Waals surface area contributed by atoms with Gasteiger partial charge in [0.05, 0.1) is 0 Å². The Morgan fingerprint density at radius 1 is 1.22 bits per heavy atom. The molecular weight excluding hydrogens is 426 g/mol. The van der Waals surface area contributed by atoms with Crippen molar-refractivity contribution in [3.05, 3.63) is 52.4 Å². The number of nitrogens with zero attached hydrogens (tertiary/aromatic N) is 4. The zero-order valence-electron chi connectivity index (χ0n) is 19.0. The van der Waals surface area contributed by atoms with Crippen molar-refractivity contribution < 1.29 is 9.90 Å². The van der Waals surface area contributed by atoms with Crippen LogP contribution < -0.4 is 10.2 Å². The Balaban J connectivity index is 1.51. The number of benzene rings is 1. The summed E-state index contributed by atoms with van der Waals surface area (Å²) in [6, 6.07) is 7.01. The van der Waals surface area contributed by atoms with Gasteiger partial charge in [0.2, 0.25) is 0 Å². The number of anilines is 1. The van der Waals surface area contributed by atoms with Gasteiger partial charge in [-0.05, 0) is 36.5 Å². The minimum absolute atomic E-state index is 0.139. The van der Waals surface area contributed by atoms with E-state index in [1.54, 1.807) is 35.5 Å². The number of carbonyl (C=O) groups excluding carboxylic acids is 1. The van der Waals surface area contributed by atoms with E-state index in [4.69, 9.17) is 11.6 Å². The molecular formula is C24H32ClN5O2. The van der Waals surface area contributed by atoms with Crippen LogP contribution in [0.15, 0.2) is 30.6 Å². The van der Waals surface area contributed by atoms with E-state index in [-0.39, 0.29) is 18.5 Å². The molecule has 1 amide bonds. The summed E-state index contributed by atoms with van der Waals surface area (Å²) < 4.78 is 0. The van der Waals surface area contributed by atoms with E-state index in [0.717, 1.165) is 24.4 Å². The molecule has 172 valence electrons. The lowest BCUT2D eigenvalue weighted by molar-refractivity contribution is -0.152. The zero-order chi connectivity index (χ0) is 22.9. The molecule has 0 saturated carbocycles. The van der Waals surface area contributed by atoms with Gasteiger partial charge in [-0.15, -0.1) is 0 Å². The van der Waals surface area contributed by atoms with E-state index in [0.29, 0.717) is 42.7 Å². The maximum absolute atomic E-state index is 13.6. The van der Waals surface area contributed by atoms with E-state index in [1.807, 2.05) is 13.8 Å². The summed E-state index contributed by atoms with van der Waals surface area (Å²) in [7, 11) is 0. The van der Waals surface area contributed by atoms with Crippen LogP contribution in [-0.2, 0) is 16.8 Å². The Morgan fingerprint density at radius 2 is 1.91 bits per heavy atom. The quantitative estimate of drug-likeness (QED) is 0.694. The van der Waals surface area contributed by atoms with Crippen LogP contribution in [0.25, 0.3) is 0 Å². The highest BCUT2D eigenvalue weighted by Crippen LogP contribution is 2.37. The van der Waals surface area contributed by atoms with Crippen molar-refractivity contribution in [2.24, 2.45) is 0 Å². The summed E-state index contributed by atoms with van der Waals surface area (Å²) in [5.74, 6) is 1.17. The van der Waals surface area contributed by atoms with Crippen LogP contribution in [-0.4, -0.2) is 64.6 Å². The molecule has 7 nitrogen and oxygen atoms in total. The van der Waals surface area contributed by atoms with Crippen molar-refractivity contribution in [1.82, 2.24) is 20.2 Å². The summed E-state index contributed by atoms with van der Waals surface area (Å²) in [6.45, 7) is 8.77. The fourth-order valence-corrected chi connectivity index (χ4v) is 4.76. The molecule has 32 heavy (non-hydrogen) atoms. The van der Waals surface area contributed by atoms with Gasteiger partial charge >= 0.3 is 0 Å². The number of aryl methyl sites for hydroxylation is 1. The summed E-state index contributed by atoms with van der Waals surface area (Å²) in [5.41, 5.74) is 1.30. The first-order chi connectivity index (χ1) is 15.3. The minimum atomic E-state index is -1.65. The molecule has 2 aromatic rings. The number of hydrogen-bond acceptors (Lipinski definition) is 6. The van der Waals surface area contributed by atoms with Crippen molar-refractivity contribution in [2.75, 3.05) is 37.6 Å². The number of rotatable bonds is 6. The number of amides is 1. The van der Waals surface area contributed by atoms with Crippen LogP contribution in [0.5, 0.6) is 0 Å². The number of nitrogens with one attached hydrogen (secondary N) is 1. The summed E-state index contributed by atoms with van der Waals surface area (Å²) in [6.07, 6.45) is 3.76. The molecule has 1 aliphatic carbocycles. The van der Waals surface area contributed by atoms with Gasteiger partial charge in [0.25, 0.3) is 5.91 Å². The lowest BCUT2D eigenvalue weighted by Crippen LogP contribution is -2.58. The van der Waals surface area contributed by atoms with Crippen LogP contribution in [0.4, 0.5) is 5.82 Å². The molecule has 1 aromatic heterocycles. The minimum Gasteiger partial charge on any atom is -0.374 e. The maximum atomic E-state index is 13.6. The number of piperazine rings is 1. The summed E-state index contributed by atoms with van der Waals surface area (Å²) in [5, 5.41) is 15.4. The van der Waals surface area contributed by atoms with Gasteiger partial charge in [-0.3, -0.25) is 4.79 Å². The highest BCUT2D eigenvalue weighted by Gasteiger charge is 2.42. The van der Waals surface area contributed by atoms with E-state index >= 15 is 0 Å².